The number of benzene rings is 1. The lowest BCUT2D eigenvalue weighted by atomic mass is 10.1. The molecule has 1 aromatic carbocycles. The second kappa shape index (κ2) is 12.0. The highest BCUT2D eigenvalue weighted by molar-refractivity contribution is 5.93. The lowest BCUT2D eigenvalue weighted by Gasteiger charge is -2.23. The Morgan fingerprint density at radius 2 is 1.97 bits per heavy atom. The zero-order chi connectivity index (χ0) is 22.8. The van der Waals surface area contributed by atoms with Crippen LogP contribution < -0.4 is 10.6 Å². The Kier molecular flexibility index (Phi) is 8.79. The van der Waals surface area contributed by atoms with Crippen LogP contribution >= 0.6 is 0 Å². The van der Waals surface area contributed by atoms with E-state index in [4.69, 9.17) is 9.26 Å². The SMILES string of the molecule is Cc1cc(NC(=O)CCC(=O)N(CCc2ccccc2)CC(=O)NC[C@H]2CCCO2)no1. The first kappa shape index (κ1) is 23.5. The normalized spacial score (nSPS) is 15.3. The number of ether oxygens (including phenoxy) is 1. The van der Waals surface area contributed by atoms with Crippen LogP contribution in [-0.2, 0) is 25.5 Å². The highest BCUT2D eigenvalue weighted by atomic mass is 16.5. The van der Waals surface area contributed by atoms with Crippen LogP contribution in [0.1, 0.15) is 37.0 Å². The summed E-state index contributed by atoms with van der Waals surface area (Å²) < 4.78 is 10.4. The fraction of sp³-hybridized carbons (Fsp3) is 0.478. The van der Waals surface area contributed by atoms with Crippen LogP contribution in [0.15, 0.2) is 40.9 Å². The zero-order valence-corrected chi connectivity index (χ0v) is 18.3. The molecule has 2 heterocycles. The molecule has 1 aromatic heterocycles. The molecule has 9 heteroatoms. The van der Waals surface area contributed by atoms with Crippen molar-refractivity contribution in [3.8, 4) is 0 Å². The largest absolute Gasteiger partial charge is 0.376 e. The van der Waals surface area contributed by atoms with Gasteiger partial charge in [-0.05, 0) is 31.7 Å². The van der Waals surface area contributed by atoms with Crippen molar-refractivity contribution in [2.24, 2.45) is 0 Å². The van der Waals surface area contributed by atoms with Crippen LogP contribution in [0.25, 0.3) is 0 Å². The maximum absolute atomic E-state index is 12.8. The van der Waals surface area contributed by atoms with E-state index in [1.54, 1.807) is 13.0 Å². The number of anilines is 1. The Balaban J connectivity index is 1.51. The van der Waals surface area contributed by atoms with E-state index in [1.807, 2.05) is 30.3 Å². The molecule has 3 amide bonds. The number of aromatic nitrogens is 1. The maximum Gasteiger partial charge on any atom is 0.239 e. The molecule has 0 unspecified atom stereocenters. The molecule has 1 aliphatic heterocycles. The topological polar surface area (TPSA) is 114 Å². The molecule has 0 spiro atoms. The Hall–Kier alpha value is -3.20. The summed E-state index contributed by atoms with van der Waals surface area (Å²) in [7, 11) is 0. The van der Waals surface area contributed by atoms with Crippen molar-refractivity contribution in [3.05, 3.63) is 47.7 Å². The number of aryl methyl sites for hydroxylation is 1. The first-order valence-corrected chi connectivity index (χ1v) is 10.9. The number of nitrogens with zero attached hydrogens (tertiary/aromatic N) is 2. The summed E-state index contributed by atoms with van der Waals surface area (Å²) >= 11 is 0. The Bertz CT molecular complexity index is 893. The van der Waals surface area contributed by atoms with Crippen molar-refractivity contribution < 1.29 is 23.6 Å². The Morgan fingerprint density at radius 3 is 2.66 bits per heavy atom. The number of carbonyl (C=O) groups excluding carboxylic acids is 3. The van der Waals surface area contributed by atoms with Crippen molar-refractivity contribution in [2.45, 2.75) is 45.1 Å². The summed E-state index contributed by atoms with van der Waals surface area (Å²) in [5.41, 5.74) is 1.07. The van der Waals surface area contributed by atoms with Gasteiger partial charge < -0.3 is 24.8 Å². The second-order valence-corrected chi connectivity index (χ2v) is 7.86. The summed E-state index contributed by atoms with van der Waals surface area (Å²) in [6, 6.07) is 11.4. The second-order valence-electron chi connectivity index (χ2n) is 7.86. The molecule has 2 N–H and O–H groups in total. The van der Waals surface area contributed by atoms with Gasteiger partial charge in [-0.25, -0.2) is 0 Å². The minimum absolute atomic E-state index is 0.00350. The quantitative estimate of drug-likeness (QED) is 0.551. The van der Waals surface area contributed by atoms with Crippen LogP contribution in [0.5, 0.6) is 0 Å². The fourth-order valence-corrected chi connectivity index (χ4v) is 3.47. The molecule has 0 aliphatic carbocycles. The van der Waals surface area contributed by atoms with Gasteiger partial charge in [0.25, 0.3) is 0 Å². The van der Waals surface area contributed by atoms with E-state index in [-0.39, 0.29) is 43.2 Å². The molecule has 1 fully saturated rings. The van der Waals surface area contributed by atoms with Crippen LogP contribution in [0.4, 0.5) is 5.82 Å². The molecule has 2 aromatic rings. The van der Waals surface area contributed by atoms with Gasteiger partial charge in [0.15, 0.2) is 5.82 Å². The van der Waals surface area contributed by atoms with E-state index in [0.717, 1.165) is 25.0 Å². The summed E-state index contributed by atoms with van der Waals surface area (Å²) in [6.07, 6.45) is 2.57. The minimum atomic E-state index is -0.336. The number of nitrogens with one attached hydrogen (secondary N) is 2. The summed E-state index contributed by atoms with van der Waals surface area (Å²) in [6.45, 7) is 3.22. The average Bonchev–Trinajstić information content (AvgIpc) is 3.46. The predicted octanol–water partition coefficient (Wildman–Crippen LogP) is 2.07. The van der Waals surface area contributed by atoms with Crippen LogP contribution in [0, 0.1) is 6.92 Å². The standard InChI is InChI=1S/C23H30N4O5/c1-17-14-20(26-32-17)25-21(28)9-10-23(30)27(12-11-18-6-3-2-4-7-18)16-22(29)24-15-19-8-5-13-31-19/h2-4,6-7,14,19H,5,8-13,15-16H2,1H3,(H,24,29)(H,25,26,28)/t19-/m1/s1. The molecular formula is C23H30N4O5. The third kappa shape index (κ3) is 7.81. The number of hydrogen-bond acceptors (Lipinski definition) is 6. The van der Waals surface area contributed by atoms with Crippen molar-refractivity contribution in [1.82, 2.24) is 15.4 Å². The minimum Gasteiger partial charge on any atom is -0.376 e. The number of hydrogen-bond donors (Lipinski definition) is 2. The molecule has 172 valence electrons. The first-order chi connectivity index (χ1) is 15.5. The van der Waals surface area contributed by atoms with Gasteiger partial charge in [-0.1, -0.05) is 35.5 Å². The van der Waals surface area contributed by atoms with Gasteiger partial charge in [0.2, 0.25) is 17.7 Å². The fourth-order valence-electron chi connectivity index (χ4n) is 3.47. The van der Waals surface area contributed by atoms with E-state index in [0.29, 0.717) is 31.1 Å². The third-order valence-electron chi connectivity index (χ3n) is 5.21. The molecule has 3 rings (SSSR count). The molecule has 0 radical (unpaired) electrons. The first-order valence-electron chi connectivity index (χ1n) is 10.9. The molecule has 0 saturated carbocycles. The van der Waals surface area contributed by atoms with Gasteiger partial charge in [-0.15, -0.1) is 0 Å². The van der Waals surface area contributed by atoms with Gasteiger partial charge in [-0.2, -0.15) is 0 Å². The lowest BCUT2D eigenvalue weighted by Crippen LogP contribution is -2.43. The van der Waals surface area contributed by atoms with Gasteiger partial charge in [0.05, 0.1) is 12.6 Å². The molecule has 0 bridgehead atoms. The molecule has 9 nitrogen and oxygen atoms in total. The van der Waals surface area contributed by atoms with E-state index in [1.165, 1.54) is 4.90 Å². The maximum atomic E-state index is 12.8. The number of amides is 3. The summed E-state index contributed by atoms with van der Waals surface area (Å²) in [5.74, 6) is 0.0773. The zero-order valence-electron chi connectivity index (χ0n) is 18.3. The Labute approximate surface area is 187 Å². The van der Waals surface area contributed by atoms with Crippen LogP contribution in [-0.4, -0.2) is 60.1 Å². The Morgan fingerprint density at radius 1 is 1.16 bits per heavy atom. The lowest BCUT2D eigenvalue weighted by molar-refractivity contribution is -0.137. The number of carbonyl (C=O) groups is 3. The summed E-state index contributed by atoms with van der Waals surface area (Å²) in [5, 5.41) is 9.16. The molecule has 1 atom stereocenters. The van der Waals surface area contributed by atoms with Crippen molar-refractivity contribution in [2.75, 3.05) is 31.6 Å². The molecule has 32 heavy (non-hydrogen) atoms. The van der Waals surface area contributed by atoms with E-state index >= 15 is 0 Å². The van der Waals surface area contributed by atoms with Gasteiger partial charge in [-0.3, -0.25) is 14.4 Å². The van der Waals surface area contributed by atoms with Crippen molar-refractivity contribution in [1.29, 1.82) is 0 Å². The van der Waals surface area contributed by atoms with Crippen molar-refractivity contribution in [3.63, 3.8) is 0 Å². The van der Waals surface area contributed by atoms with E-state index < -0.39 is 0 Å². The highest BCUT2D eigenvalue weighted by Gasteiger charge is 2.21. The van der Waals surface area contributed by atoms with Gasteiger partial charge >= 0.3 is 0 Å². The van der Waals surface area contributed by atoms with Gasteiger partial charge in [0, 0.05) is 38.6 Å². The third-order valence-corrected chi connectivity index (χ3v) is 5.21. The van der Waals surface area contributed by atoms with Crippen LogP contribution in [0.3, 0.4) is 0 Å². The predicted molar refractivity (Wildman–Crippen MR) is 118 cm³/mol. The van der Waals surface area contributed by atoms with Crippen LogP contribution in [0.2, 0.25) is 0 Å². The van der Waals surface area contributed by atoms with Crippen molar-refractivity contribution >= 4 is 23.5 Å². The number of rotatable bonds is 11. The summed E-state index contributed by atoms with van der Waals surface area (Å²) in [4.78, 5) is 38.9. The highest BCUT2D eigenvalue weighted by Crippen LogP contribution is 2.11. The van der Waals surface area contributed by atoms with Gasteiger partial charge in [0.1, 0.15) is 5.76 Å². The smallest absolute Gasteiger partial charge is 0.239 e. The molecular weight excluding hydrogens is 412 g/mol. The van der Waals surface area contributed by atoms with E-state index in [2.05, 4.69) is 15.8 Å². The molecule has 1 saturated heterocycles. The molecule has 1 aliphatic rings. The monoisotopic (exact) mass is 442 g/mol. The van der Waals surface area contributed by atoms with E-state index in [9.17, 15) is 14.4 Å². The average molecular weight is 443 g/mol.